The maximum atomic E-state index is 12.1. The van der Waals surface area contributed by atoms with Crippen molar-refractivity contribution in [3.8, 4) is 0 Å². The summed E-state index contributed by atoms with van der Waals surface area (Å²) < 4.78 is 0. The monoisotopic (exact) mass is 289 g/mol. The van der Waals surface area contributed by atoms with Gasteiger partial charge in [-0.2, -0.15) is 5.10 Å². The topological polar surface area (TPSA) is 57.8 Å². The molecule has 1 aromatic carbocycles. The van der Waals surface area contributed by atoms with Gasteiger partial charge in [-0.15, -0.1) is 11.8 Å². The van der Waals surface area contributed by atoms with Gasteiger partial charge in [0.1, 0.15) is 0 Å². The lowest BCUT2D eigenvalue weighted by Gasteiger charge is -2.11. The average molecular weight is 289 g/mol. The summed E-state index contributed by atoms with van der Waals surface area (Å²) in [5.74, 6) is -0.0479. The van der Waals surface area contributed by atoms with Crippen LogP contribution in [-0.4, -0.2) is 21.4 Å². The second kappa shape index (κ2) is 6.61. The van der Waals surface area contributed by atoms with E-state index in [0.717, 1.165) is 22.0 Å². The number of amides is 1. The largest absolute Gasteiger partial charge is 0.325 e. The number of aromatic nitrogens is 2. The summed E-state index contributed by atoms with van der Waals surface area (Å²) in [6.07, 6.45) is 0.283. The molecule has 0 spiro atoms. The number of rotatable bonds is 5. The average Bonchev–Trinajstić information content (AvgIpc) is 2.76. The number of anilines is 1. The van der Waals surface area contributed by atoms with E-state index in [9.17, 15) is 4.79 Å². The Bertz CT molecular complexity index is 592. The molecule has 5 heteroatoms. The summed E-state index contributed by atoms with van der Waals surface area (Å²) in [5.41, 5.74) is 2.58. The quantitative estimate of drug-likeness (QED) is 0.829. The molecular weight excluding hydrogens is 270 g/mol. The summed E-state index contributed by atoms with van der Waals surface area (Å²) in [4.78, 5) is 13.1. The van der Waals surface area contributed by atoms with Crippen LogP contribution >= 0.6 is 11.8 Å². The minimum Gasteiger partial charge on any atom is -0.325 e. The number of aryl methyl sites for hydroxylation is 1. The first-order valence-electron chi connectivity index (χ1n) is 6.61. The van der Waals surface area contributed by atoms with E-state index >= 15 is 0 Å². The number of carbonyl (C=O) groups excluding carboxylic acids is 1. The van der Waals surface area contributed by atoms with E-state index in [2.05, 4.69) is 29.4 Å². The lowest BCUT2D eigenvalue weighted by Crippen LogP contribution is -2.15. The number of aromatic amines is 1. The van der Waals surface area contributed by atoms with Crippen molar-refractivity contribution < 1.29 is 4.79 Å². The Morgan fingerprint density at radius 3 is 2.80 bits per heavy atom. The van der Waals surface area contributed by atoms with Gasteiger partial charge in [-0.3, -0.25) is 9.89 Å². The second-order valence-corrected chi connectivity index (χ2v) is 6.55. The van der Waals surface area contributed by atoms with Crippen LogP contribution in [0.5, 0.6) is 0 Å². The molecule has 0 aliphatic carbocycles. The molecule has 0 unspecified atom stereocenters. The molecule has 0 bridgehead atoms. The van der Waals surface area contributed by atoms with Crippen molar-refractivity contribution in [2.24, 2.45) is 0 Å². The number of H-pyrrole nitrogens is 1. The number of nitrogens with one attached hydrogen (secondary N) is 2. The molecule has 4 nitrogen and oxygen atoms in total. The summed E-state index contributed by atoms with van der Waals surface area (Å²) in [6.45, 7) is 6.19. The van der Waals surface area contributed by atoms with Gasteiger partial charge in [-0.1, -0.05) is 26.0 Å². The van der Waals surface area contributed by atoms with Crippen LogP contribution in [-0.2, 0) is 11.2 Å². The Labute approximate surface area is 123 Å². The molecule has 0 atom stereocenters. The van der Waals surface area contributed by atoms with Crippen molar-refractivity contribution in [3.05, 3.63) is 41.7 Å². The van der Waals surface area contributed by atoms with Gasteiger partial charge in [0.05, 0.1) is 17.8 Å². The van der Waals surface area contributed by atoms with E-state index in [1.165, 1.54) is 0 Å². The molecule has 0 saturated heterocycles. The van der Waals surface area contributed by atoms with Crippen LogP contribution in [0.3, 0.4) is 0 Å². The van der Waals surface area contributed by atoms with Gasteiger partial charge >= 0.3 is 0 Å². The highest BCUT2D eigenvalue weighted by atomic mass is 32.2. The number of para-hydroxylation sites is 1. The van der Waals surface area contributed by atoms with Crippen LogP contribution in [0.15, 0.2) is 35.2 Å². The van der Waals surface area contributed by atoms with Crippen molar-refractivity contribution in [1.29, 1.82) is 0 Å². The Balaban J connectivity index is 2.04. The zero-order valence-electron chi connectivity index (χ0n) is 11.9. The van der Waals surface area contributed by atoms with Crippen molar-refractivity contribution >= 4 is 23.4 Å². The Kier molecular flexibility index (Phi) is 4.84. The third kappa shape index (κ3) is 4.13. The number of benzene rings is 1. The van der Waals surface area contributed by atoms with Crippen molar-refractivity contribution in [1.82, 2.24) is 10.2 Å². The lowest BCUT2D eigenvalue weighted by atomic mass is 10.2. The first-order valence-corrected chi connectivity index (χ1v) is 7.49. The van der Waals surface area contributed by atoms with Crippen LogP contribution in [0.1, 0.15) is 25.2 Å². The minimum absolute atomic E-state index is 0.0479. The number of hydrogen-bond donors (Lipinski definition) is 2. The summed E-state index contributed by atoms with van der Waals surface area (Å²) >= 11 is 1.74. The van der Waals surface area contributed by atoms with Crippen LogP contribution in [0.25, 0.3) is 0 Å². The molecule has 0 saturated carbocycles. The van der Waals surface area contributed by atoms with E-state index in [0.29, 0.717) is 5.25 Å². The Morgan fingerprint density at radius 1 is 1.40 bits per heavy atom. The maximum absolute atomic E-state index is 12.1. The number of thioether (sulfide) groups is 1. The van der Waals surface area contributed by atoms with Crippen molar-refractivity contribution in [2.45, 2.75) is 37.3 Å². The second-order valence-electron chi connectivity index (χ2n) is 4.93. The highest BCUT2D eigenvalue weighted by Crippen LogP contribution is 2.30. The molecule has 106 valence electrons. The van der Waals surface area contributed by atoms with Gasteiger partial charge in [0, 0.05) is 15.8 Å². The molecule has 1 aromatic heterocycles. The van der Waals surface area contributed by atoms with Crippen LogP contribution in [0.4, 0.5) is 5.69 Å². The predicted octanol–water partition coefficient (Wildman–Crippen LogP) is 3.40. The molecule has 2 N–H and O–H groups in total. The van der Waals surface area contributed by atoms with Gasteiger partial charge in [-0.05, 0) is 25.1 Å². The highest BCUT2D eigenvalue weighted by Gasteiger charge is 2.10. The highest BCUT2D eigenvalue weighted by molar-refractivity contribution is 8.00. The van der Waals surface area contributed by atoms with E-state index in [1.54, 1.807) is 11.8 Å². The number of carbonyl (C=O) groups is 1. The van der Waals surface area contributed by atoms with E-state index in [4.69, 9.17) is 0 Å². The van der Waals surface area contributed by atoms with Crippen LogP contribution in [0, 0.1) is 6.92 Å². The number of hydrogen-bond acceptors (Lipinski definition) is 3. The zero-order valence-corrected chi connectivity index (χ0v) is 12.8. The van der Waals surface area contributed by atoms with Crippen molar-refractivity contribution in [2.75, 3.05) is 5.32 Å². The summed E-state index contributed by atoms with van der Waals surface area (Å²) in [6, 6.07) is 9.75. The SMILES string of the molecule is Cc1cc(CC(=O)Nc2ccccc2SC(C)C)n[nH]1. The molecule has 0 fully saturated rings. The Hall–Kier alpha value is -1.75. The fourth-order valence-electron chi connectivity index (χ4n) is 1.85. The first kappa shape index (κ1) is 14.7. The molecule has 0 aliphatic rings. The molecule has 0 aliphatic heterocycles. The van der Waals surface area contributed by atoms with Gasteiger partial charge < -0.3 is 5.32 Å². The van der Waals surface area contributed by atoms with E-state index in [1.807, 2.05) is 37.3 Å². The molecule has 1 heterocycles. The smallest absolute Gasteiger partial charge is 0.230 e. The van der Waals surface area contributed by atoms with Crippen LogP contribution < -0.4 is 5.32 Å². The summed E-state index contributed by atoms with van der Waals surface area (Å²) in [7, 11) is 0. The maximum Gasteiger partial charge on any atom is 0.230 e. The number of nitrogens with zero attached hydrogens (tertiary/aromatic N) is 1. The molecule has 20 heavy (non-hydrogen) atoms. The molecule has 2 aromatic rings. The van der Waals surface area contributed by atoms with Gasteiger partial charge in [0.15, 0.2) is 0 Å². The third-order valence-electron chi connectivity index (χ3n) is 2.62. The summed E-state index contributed by atoms with van der Waals surface area (Å²) in [5, 5.41) is 10.4. The van der Waals surface area contributed by atoms with E-state index < -0.39 is 0 Å². The third-order valence-corrected chi connectivity index (χ3v) is 3.71. The fourth-order valence-corrected chi connectivity index (χ4v) is 2.76. The zero-order chi connectivity index (χ0) is 14.5. The van der Waals surface area contributed by atoms with Gasteiger partial charge in [0.2, 0.25) is 5.91 Å². The van der Waals surface area contributed by atoms with Gasteiger partial charge in [0.25, 0.3) is 0 Å². The minimum atomic E-state index is -0.0479. The molecule has 1 amide bonds. The molecule has 2 rings (SSSR count). The van der Waals surface area contributed by atoms with E-state index in [-0.39, 0.29) is 12.3 Å². The fraction of sp³-hybridized carbons (Fsp3) is 0.333. The standard InChI is InChI=1S/C15H19N3OS/c1-10(2)20-14-7-5-4-6-13(14)16-15(19)9-12-8-11(3)17-18-12/h4-8,10H,9H2,1-3H3,(H,16,19)(H,17,18). The predicted molar refractivity (Wildman–Crippen MR) is 83.1 cm³/mol. The van der Waals surface area contributed by atoms with Gasteiger partial charge in [-0.25, -0.2) is 0 Å². The lowest BCUT2D eigenvalue weighted by molar-refractivity contribution is -0.115. The first-order chi connectivity index (χ1) is 9.54. The Morgan fingerprint density at radius 2 is 2.15 bits per heavy atom. The van der Waals surface area contributed by atoms with Crippen LogP contribution in [0.2, 0.25) is 0 Å². The molecular formula is C15H19N3OS. The van der Waals surface area contributed by atoms with Crippen molar-refractivity contribution in [3.63, 3.8) is 0 Å². The normalized spacial score (nSPS) is 10.8. The molecule has 0 radical (unpaired) electrons.